The molecule has 0 radical (unpaired) electrons. The van der Waals surface area contributed by atoms with Crippen molar-refractivity contribution in [3.05, 3.63) is 42.0 Å². The van der Waals surface area contributed by atoms with Crippen LogP contribution in [-0.2, 0) is 9.59 Å². The van der Waals surface area contributed by atoms with E-state index in [0.717, 1.165) is 18.4 Å². The number of rotatable bonds is 10. The second-order valence-corrected chi connectivity index (χ2v) is 8.18. The van der Waals surface area contributed by atoms with Crippen LogP contribution in [0.1, 0.15) is 44.2 Å². The molecule has 1 fully saturated rings. The molecule has 2 unspecified atom stereocenters. The number of hydrogen-bond donors (Lipinski definition) is 1. The Bertz CT molecular complexity index is 984. The summed E-state index contributed by atoms with van der Waals surface area (Å²) in [6, 6.07) is 10.5. The monoisotopic (exact) mass is 470 g/mol. The van der Waals surface area contributed by atoms with Crippen LogP contribution in [0.3, 0.4) is 0 Å². The Hall–Kier alpha value is -3.42. The van der Waals surface area contributed by atoms with Crippen molar-refractivity contribution in [1.29, 1.82) is 0 Å². The van der Waals surface area contributed by atoms with E-state index in [0.29, 0.717) is 48.1 Å². The van der Waals surface area contributed by atoms with Gasteiger partial charge in [-0.15, -0.1) is 0 Å². The molecule has 0 saturated carbocycles. The Morgan fingerprint density at radius 2 is 1.65 bits per heavy atom. The molecule has 1 heterocycles. The number of para-hydroxylation sites is 1. The molecule has 1 aliphatic heterocycles. The highest BCUT2D eigenvalue weighted by molar-refractivity contribution is 5.95. The number of unbranched alkanes of at least 4 members (excludes halogenated alkanes) is 1. The average Bonchev–Trinajstić information content (AvgIpc) is 2.86. The molecule has 34 heavy (non-hydrogen) atoms. The fraction of sp³-hybridized carbons (Fsp3) is 0.462. The molecule has 184 valence electrons. The van der Waals surface area contributed by atoms with E-state index in [1.807, 2.05) is 29.2 Å². The van der Waals surface area contributed by atoms with Crippen molar-refractivity contribution >= 4 is 17.5 Å². The van der Waals surface area contributed by atoms with Crippen molar-refractivity contribution < 1.29 is 28.5 Å². The van der Waals surface area contributed by atoms with Crippen molar-refractivity contribution in [3.8, 4) is 23.0 Å². The van der Waals surface area contributed by atoms with Crippen molar-refractivity contribution in [2.24, 2.45) is 5.92 Å². The van der Waals surface area contributed by atoms with Crippen molar-refractivity contribution in [2.75, 3.05) is 40.3 Å². The lowest BCUT2D eigenvalue weighted by Crippen LogP contribution is -2.47. The Morgan fingerprint density at radius 3 is 2.24 bits per heavy atom. The third kappa shape index (κ3) is 5.21. The van der Waals surface area contributed by atoms with Gasteiger partial charge in [0.2, 0.25) is 17.6 Å². The molecule has 0 aromatic heterocycles. The number of carbonyl (C=O) groups is 2. The molecule has 2 amide bonds. The van der Waals surface area contributed by atoms with Crippen molar-refractivity contribution in [2.45, 2.75) is 38.6 Å². The molecule has 8 heteroatoms. The molecular weight excluding hydrogens is 436 g/mol. The summed E-state index contributed by atoms with van der Waals surface area (Å²) in [5.41, 5.74) is 1.36. The number of nitrogens with one attached hydrogen (secondary N) is 1. The second kappa shape index (κ2) is 11.6. The first-order valence-electron chi connectivity index (χ1n) is 11.5. The number of carbonyl (C=O) groups excluding carboxylic acids is 2. The standard InChI is InChI=1S/C26H34N2O6/c1-6-7-14-28-23(29)13-12-19(24(28)18-10-8-9-11-20(18)31-2)26(30)27-17-15-21(32-3)25(34-5)22(16-17)33-4/h8-11,15-16,19,24H,6-7,12-14H2,1-5H3,(H,27,30). The van der Waals surface area contributed by atoms with Crippen LogP contribution < -0.4 is 24.3 Å². The highest BCUT2D eigenvalue weighted by Crippen LogP contribution is 2.43. The van der Waals surface area contributed by atoms with Gasteiger partial charge in [-0.2, -0.15) is 0 Å². The molecule has 0 aliphatic carbocycles. The molecular formula is C26H34N2O6. The van der Waals surface area contributed by atoms with Gasteiger partial charge in [0.15, 0.2) is 11.5 Å². The fourth-order valence-corrected chi connectivity index (χ4v) is 4.50. The minimum atomic E-state index is -0.454. The normalized spacial score (nSPS) is 17.8. The molecule has 0 bridgehead atoms. The Labute approximate surface area is 201 Å². The van der Waals surface area contributed by atoms with Gasteiger partial charge in [-0.25, -0.2) is 0 Å². The minimum Gasteiger partial charge on any atom is -0.496 e. The van der Waals surface area contributed by atoms with E-state index in [4.69, 9.17) is 18.9 Å². The van der Waals surface area contributed by atoms with E-state index >= 15 is 0 Å². The van der Waals surface area contributed by atoms with Crippen LogP contribution >= 0.6 is 0 Å². The van der Waals surface area contributed by atoms with E-state index in [1.165, 1.54) is 21.3 Å². The first-order chi connectivity index (χ1) is 16.5. The lowest BCUT2D eigenvalue weighted by molar-refractivity contribution is -0.142. The first kappa shape index (κ1) is 25.2. The number of anilines is 1. The largest absolute Gasteiger partial charge is 0.496 e. The molecule has 1 N–H and O–H groups in total. The molecule has 2 aromatic carbocycles. The summed E-state index contributed by atoms with van der Waals surface area (Å²) in [4.78, 5) is 28.4. The van der Waals surface area contributed by atoms with E-state index in [2.05, 4.69) is 12.2 Å². The van der Waals surface area contributed by atoms with Crippen molar-refractivity contribution in [3.63, 3.8) is 0 Å². The number of methoxy groups -OCH3 is 4. The van der Waals surface area contributed by atoms with E-state index < -0.39 is 12.0 Å². The van der Waals surface area contributed by atoms with E-state index in [1.54, 1.807) is 19.2 Å². The van der Waals surface area contributed by atoms with Crippen LogP contribution in [-0.4, -0.2) is 51.7 Å². The predicted molar refractivity (Wildman–Crippen MR) is 130 cm³/mol. The summed E-state index contributed by atoms with van der Waals surface area (Å²) in [6.07, 6.45) is 2.58. The fourth-order valence-electron chi connectivity index (χ4n) is 4.50. The van der Waals surface area contributed by atoms with Gasteiger partial charge >= 0.3 is 0 Å². The van der Waals surface area contributed by atoms with E-state index in [9.17, 15) is 9.59 Å². The lowest BCUT2D eigenvalue weighted by atomic mass is 9.83. The summed E-state index contributed by atoms with van der Waals surface area (Å²) in [5, 5.41) is 3.01. The molecule has 8 nitrogen and oxygen atoms in total. The zero-order valence-corrected chi connectivity index (χ0v) is 20.6. The Balaban J connectivity index is 1.98. The zero-order valence-electron chi connectivity index (χ0n) is 20.6. The summed E-state index contributed by atoms with van der Waals surface area (Å²) < 4.78 is 21.8. The van der Waals surface area contributed by atoms with Crippen LogP contribution in [0.25, 0.3) is 0 Å². The highest BCUT2D eigenvalue weighted by atomic mass is 16.5. The van der Waals surface area contributed by atoms with Crippen LogP contribution in [0.2, 0.25) is 0 Å². The maximum atomic E-state index is 13.6. The zero-order chi connectivity index (χ0) is 24.7. The van der Waals surface area contributed by atoms with Gasteiger partial charge in [0.05, 0.1) is 40.4 Å². The molecule has 3 rings (SSSR count). The lowest BCUT2D eigenvalue weighted by Gasteiger charge is -2.41. The third-order valence-electron chi connectivity index (χ3n) is 6.19. The maximum absolute atomic E-state index is 13.6. The van der Waals surface area contributed by atoms with Crippen LogP contribution in [0.15, 0.2) is 36.4 Å². The number of likely N-dealkylation sites (tertiary alicyclic amines) is 1. The summed E-state index contributed by atoms with van der Waals surface area (Å²) in [7, 11) is 6.18. The highest BCUT2D eigenvalue weighted by Gasteiger charge is 2.41. The van der Waals surface area contributed by atoms with Gasteiger partial charge in [0.25, 0.3) is 0 Å². The van der Waals surface area contributed by atoms with Gasteiger partial charge in [-0.1, -0.05) is 31.5 Å². The molecule has 1 saturated heterocycles. The predicted octanol–water partition coefficient (Wildman–Crippen LogP) is 4.44. The molecule has 0 spiro atoms. The number of piperidine rings is 1. The van der Waals surface area contributed by atoms with Gasteiger partial charge in [0.1, 0.15) is 5.75 Å². The SMILES string of the molecule is CCCCN1C(=O)CCC(C(=O)Nc2cc(OC)c(OC)c(OC)c2)C1c1ccccc1OC. The topological polar surface area (TPSA) is 86.3 Å². The summed E-state index contributed by atoms with van der Waals surface area (Å²) >= 11 is 0. The van der Waals surface area contributed by atoms with Crippen LogP contribution in [0.5, 0.6) is 23.0 Å². The Kier molecular flexibility index (Phi) is 8.62. The van der Waals surface area contributed by atoms with E-state index in [-0.39, 0.29) is 11.8 Å². The quantitative estimate of drug-likeness (QED) is 0.553. The summed E-state index contributed by atoms with van der Waals surface area (Å²) in [6.45, 7) is 2.67. The van der Waals surface area contributed by atoms with Gasteiger partial charge in [0, 0.05) is 36.3 Å². The molecule has 2 atom stereocenters. The number of hydrogen-bond acceptors (Lipinski definition) is 6. The van der Waals surface area contributed by atoms with Crippen LogP contribution in [0.4, 0.5) is 5.69 Å². The maximum Gasteiger partial charge on any atom is 0.229 e. The number of benzene rings is 2. The smallest absolute Gasteiger partial charge is 0.229 e. The number of nitrogens with zero attached hydrogens (tertiary/aromatic N) is 1. The average molecular weight is 471 g/mol. The molecule has 2 aromatic rings. The third-order valence-corrected chi connectivity index (χ3v) is 6.19. The van der Waals surface area contributed by atoms with Crippen LogP contribution in [0, 0.1) is 5.92 Å². The second-order valence-electron chi connectivity index (χ2n) is 8.18. The van der Waals surface area contributed by atoms with Gasteiger partial charge in [-0.3, -0.25) is 9.59 Å². The number of ether oxygens (including phenoxy) is 4. The van der Waals surface area contributed by atoms with Gasteiger partial charge in [-0.05, 0) is 18.9 Å². The summed E-state index contributed by atoms with van der Waals surface area (Å²) in [5.74, 6) is 1.42. The number of amides is 2. The van der Waals surface area contributed by atoms with Gasteiger partial charge < -0.3 is 29.2 Å². The Morgan fingerprint density at radius 1 is 1.00 bits per heavy atom. The molecule has 1 aliphatic rings. The first-order valence-corrected chi connectivity index (χ1v) is 11.5. The van der Waals surface area contributed by atoms with Crippen molar-refractivity contribution in [1.82, 2.24) is 4.90 Å². The minimum absolute atomic E-state index is 0.0567.